The quantitative estimate of drug-likeness (QED) is 0.717. The number of imide groups is 1. The third-order valence-corrected chi connectivity index (χ3v) is 5.85. The van der Waals surface area contributed by atoms with E-state index in [0.29, 0.717) is 22.2 Å². The molecule has 0 aliphatic carbocycles. The number of hydrogen-bond donors (Lipinski definition) is 0. The van der Waals surface area contributed by atoms with E-state index in [0.717, 1.165) is 12.1 Å². The van der Waals surface area contributed by atoms with Crippen molar-refractivity contribution in [1.29, 1.82) is 0 Å². The Bertz CT molecular complexity index is 915. The molecule has 3 atom stereocenters. The fraction of sp³-hybridized carbons (Fsp3) is 0.364. The SMILES string of the molecule is Cc1c(Cl)cccc1N1C(=O)[C@H]2[C@@H](ON(c3ccccc3)[C@H]2CC(C)C)C1=O. The van der Waals surface area contributed by atoms with E-state index in [1.807, 2.05) is 37.3 Å². The molecular formula is C22H23ClN2O3. The van der Waals surface area contributed by atoms with Crippen molar-refractivity contribution in [2.24, 2.45) is 11.8 Å². The Balaban J connectivity index is 1.72. The normalized spacial score (nSPS) is 24.4. The highest BCUT2D eigenvalue weighted by molar-refractivity contribution is 6.32. The molecule has 0 N–H and O–H groups in total. The summed E-state index contributed by atoms with van der Waals surface area (Å²) in [5.41, 5.74) is 2.11. The van der Waals surface area contributed by atoms with E-state index in [2.05, 4.69) is 13.8 Å². The molecule has 2 aliphatic rings. The van der Waals surface area contributed by atoms with Gasteiger partial charge in [0.2, 0.25) is 5.91 Å². The molecule has 5 nitrogen and oxygen atoms in total. The number of nitrogens with zero attached hydrogens (tertiary/aromatic N) is 2. The van der Waals surface area contributed by atoms with Crippen LogP contribution in [0.4, 0.5) is 11.4 Å². The molecule has 28 heavy (non-hydrogen) atoms. The van der Waals surface area contributed by atoms with Crippen LogP contribution in [0.1, 0.15) is 25.8 Å². The number of benzene rings is 2. The molecule has 2 saturated heterocycles. The zero-order valence-corrected chi connectivity index (χ0v) is 16.9. The second kappa shape index (κ2) is 7.22. The van der Waals surface area contributed by atoms with Crippen LogP contribution in [0.25, 0.3) is 0 Å². The number of anilines is 2. The first-order valence-corrected chi connectivity index (χ1v) is 9.92. The smallest absolute Gasteiger partial charge is 0.266 e. The van der Waals surface area contributed by atoms with Crippen molar-refractivity contribution in [1.82, 2.24) is 0 Å². The standard InChI is InChI=1S/C22H23ClN2O3/c1-13(2)12-18-19-20(28-25(18)15-8-5-4-6-9-15)22(27)24(21(19)26)17-11-7-10-16(23)14(17)3/h4-11,13,18-20H,12H2,1-3H3/t18-,19+,20+/m0/s1. The molecule has 0 saturated carbocycles. The van der Waals surface area contributed by atoms with Gasteiger partial charge in [0.05, 0.1) is 23.3 Å². The summed E-state index contributed by atoms with van der Waals surface area (Å²) in [6.45, 7) is 6.03. The van der Waals surface area contributed by atoms with Crippen molar-refractivity contribution in [3.63, 3.8) is 0 Å². The Morgan fingerprint density at radius 3 is 2.43 bits per heavy atom. The number of carbonyl (C=O) groups excluding carboxylic acids is 2. The van der Waals surface area contributed by atoms with Gasteiger partial charge in [-0.1, -0.05) is 49.7 Å². The molecule has 0 unspecified atom stereocenters. The fourth-order valence-electron chi connectivity index (χ4n) is 4.12. The van der Waals surface area contributed by atoms with Crippen LogP contribution in [-0.2, 0) is 14.4 Å². The molecule has 0 bridgehead atoms. The lowest BCUT2D eigenvalue weighted by atomic mass is 9.90. The van der Waals surface area contributed by atoms with E-state index in [1.54, 1.807) is 23.3 Å². The van der Waals surface area contributed by atoms with Gasteiger partial charge in [-0.05, 0) is 49.1 Å². The lowest BCUT2D eigenvalue weighted by Crippen LogP contribution is -2.41. The van der Waals surface area contributed by atoms with Gasteiger partial charge in [-0.25, -0.2) is 9.96 Å². The molecule has 2 aromatic carbocycles. The minimum atomic E-state index is -0.810. The average molecular weight is 399 g/mol. The van der Waals surface area contributed by atoms with E-state index in [1.165, 1.54) is 4.90 Å². The van der Waals surface area contributed by atoms with Gasteiger partial charge in [-0.2, -0.15) is 0 Å². The number of carbonyl (C=O) groups is 2. The van der Waals surface area contributed by atoms with Crippen LogP contribution in [0.3, 0.4) is 0 Å². The van der Waals surface area contributed by atoms with Gasteiger partial charge in [0, 0.05) is 5.02 Å². The van der Waals surface area contributed by atoms with Crippen molar-refractivity contribution < 1.29 is 14.4 Å². The molecule has 2 heterocycles. The molecule has 2 amide bonds. The summed E-state index contributed by atoms with van der Waals surface area (Å²) in [5.74, 6) is -0.728. The van der Waals surface area contributed by atoms with E-state index in [-0.39, 0.29) is 17.9 Å². The number of hydrogen-bond acceptors (Lipinski definition) is 4. The lowest BCUT2D eigenvalue weighted by molar-refractivity contribution is -0.126. The van der Waals surface area contributed by atoms with Gasteiger partial charge >= 0.3 is 0 Å². The van der Waals surface area contributed by atoms with Gasteiger partial charge in [0.15, 0.2) is 6.10 Å². The van der Waals surface area contributed by atoms with Crippen molar-refractivity contribution >= 4 is 34.8 Å². The highest BCUT2D eigenvalue weighted by atomic mass is 35.5. The number of hydroxylamine groups is 1. The van der Waals surface area contributed by atoms with Crippen LogP contribution in [-0.4, -0.2) is 24.0 Å². The molecule has 0 radical (unpaired) electrons. The summed E-state index contributed by atoms with van der Waals surface area (Å²) in [5, 5.41) is 2.29. The minimum Gasteiger partial charge on any atom is -0.273 e. The van der Waals surface area contributed by atoms with Gasteiger partial charge in [-0.15, -0.1) is 0 Å². The summed E-state index contributed by atoms with van der Waals surface area (Å²) in [6.07, 6.45) is -0.0629. The largest absolute Gasteiger partial charge is 0.273 e. The molecule has 2 aliphatic heterocycles. The molecule has 2 fully saturated rings. The number of para-hydroxylation sites is 1. The Morgan fingerprint density at radius 2 is 1.75 bits per heavy atom. The number of halogens is 1. The number of amides is 2. The summed E-state index contributed by atoms with van der Waals surface area (Å²) in [6, 6.07) is 14.7. The maximum atomic E-state index is 13.4. The van der Waals surface area contributed by atoms with Gasteiger partial charge in [0.25, 0.3) is 5.91 Å². The molecule has 6 heteroatoms. The third kappa shape index (κ3) is 2.99. The topological polar surface area (TPSA) is 49.9 Å². The lowest BCUT2D eigenvalue weighted by Gasteiger charge is -2.29. The second-order valence-corrected chi connectivity index (χ2v) is 8.21. The Labute approximate surface area is 169 Å². The second-order valence-electron chi connectivity index (χ2n) is 7.81. The fourth-order valence-corrected chi connectivity index (χ4v) is 4.29. The third-order valence-electron chi connectivity index (χ3n) is 5.44. The summed E-state index contributed by atoms with van der Waals surface area (Å²) in [7, 11) is 0. The van der Waals surface area contributed by atoms with E-state index in [9.17, 15) is 9.59 Å². The molecule has 4 rings (SSSR count). The van der Waals surface area contributed by atoms with Crippen molar-refractivity contribution in [3.05, 3.63) is 59.1 Å². The van der Waals surface area contributed by atoms with Crippen LogP contribution < -0.4 is 9.96 Å². The first-order valence-electron chi connectivity index (χ1n) is 9.54. The zero-order chi connectivity index (χ0) is 20.0. The van der Waals surface area contributed by atoms with Crippen molar-refractivity contribution in [3.8, 4) is 0 Å². The van der Waals surface area contributed by atoms with Gasteiger partial charge < -0.3 is 0 Å². The summed E-state index contributed by atoms with van der Waals surface area (Å²) in [4.78, 5) is 33.9. The molecule has 2 aromatic rings. The first kappa shape index (κ1) is 19.0. The summed E-state index contributed by atoms with van der Waals surface area (Å²) < 4.78 is 0. The van der Waals surface area contributed by atoms with Crippen LogP contribution in [0, 0.1) is 18.8 Å². The van der Waals surface area contributed by atoms with E-state index >= 15 is 0 Å². The van der Waals surface area contributed by atoms with Crippen LogP contribution in [0.15, 0.2) is 48.5 Å². The predicted octanol–water partition coefficient (Wildman–Crippen LogP) is 4.37. The summed E-state index contributed by atoms with van der Waals surface area (Å²) >= 11 is 6.22. The van der Waals surface area contributed by atoms with Crippen LogP contribution in [0.2, 0.25) is 5.02 Å². The number of fused-ring (bicyclic) bond motifs is 1. The maximum absolute atomic E-state index is 13.4. The Morgan fingerprint density at radius 1 is 1.04 bits per heavy atom. The van der Waals surface area contributed by atoms with Gasteiger partial charge in [-0.3, -0.25) is 14.4 Å². The van der Waals surface area contributed by atoms with Crippen molar-refractivity contribution in [2.45, 2.75) is 39.3 Å². The zero-order valence-electron chi connectivity index (χ0n) is 16.1. The Kier molecular flexibility index (Phi) is 4.89. The van der Waals surface area contributed by atoms with Crippen molar-refractivity contribution in [2.75, 3.05) is 9.96 Å². The monoisotopic (exact) mass is 398 g/mol. The molecule has 0 spiro atoms. The molecule has 146 valence electrons. The highest BCUT2D eigenvalue weighted by Crippen LogP contribution is 2.43. The minimum absolute atomic E-state index is 0.201. The van der Waals surface area contributed by atoms with E-state index in [4.69, 9.17) is 16.4 Å². The Hall–Kier alpha value is -2.37. The predicted molar refractivity (Wildman–Crippen MR) is 109 cm³/mol. The van der Waals surface area contributed by atoms with E-state index < -0.39 is 12.0 Å². The van der Waals surface area contributed by atoms with Crippen LogP contribution >= 0.6 is 11.6 Å². The maximum Gasteiger partial charge on any atom is 0.266 e. The molecule has 0 aromatic heterocycles. The molecular weight excluding hydrogens is 376 g/mol. The first-order chi connectivity index (χ1) is 13.4. The average Bonchev–Trinajstić information content (AvgIpc) is 3.15. The van der Waals surface area contributed by atoms with Gasteiger partial charge in [0.1, 0.15) is 0 Å². The van der Waals surface area contributed by atoms with Crippen LogP contribution in [0.5, 0.6) is 0 Å². The number of rotatable bonds is 4. The highest BCUT2D eigenvalue weighted by Gasteiger charge is 2.59.